The van der Waals surface area contributed by atoms with Gasteiger partial charge in [0.15, 0.2) is 16.4 Å². The van der Waals surface area contributed by atoms with Gasteiger partial charge < -0.3 is 19.5 Å². The number of likely N-dealkylation sites (tertiary alicyclic amines) is 1. The van der Waals surface area contributed by atoms with Crippen molar-refractivity contribution in [3.63, 3.8) is 0 Å². The van der Waals surface area contributed by atoms with E-state index in [1.165, 1.54) is 4.90 Å². The first-order chi connectivity index (χ1) is 14.6. The zero-order chi connectivity index (χ0) is 22.6. The van der Waals surface area contributed by atoms with Gasteiger partial charge >= 0.3 is 6.36 Å². The van der Waals surface area contributed by atoms with Gasteiger partial charge in [-0.05, 0) is 48.4 Å². The van der Waals surface area contributed by atoms with Crippen molar-refractivity contribution in [1.82, 2.24) is 4.90 Å². The van der Waals surface area contributed by atoms with Crippen LogP contribution in [-0.2, 0) is 21.2 Å². The average molecular weight is 459 g/mol. The van der Waals surface area contributed by atoms with E-state index in [0.717, 1.165) is 24.3 Å². The van der Waals surface area contributed by atoms with Crippen LogP contribution in [0.4, 0.5) is 13.2 Å². The lowest BCUT2D eigenvalue weighted by Gasteiger charge is -2.17. The van der Waals surface area contributed by atoms with Crippen molar-refractivity contribution in [2.75, 3.05) is 19.7 Å². The third kappa shape index (κ3) is 5.88. The molecule has 0 aromatic heterocycles. The molecule has 3 rings (SSSR count). The van der Waals surface area contributed by atoms with Gasteiger partial charge in [0.25, 0.3) is 5.91 Å². The largest absolute Gasteiger partial charge is 0.573 e. The molecule has 1 heterocycles. The standard InChI is InChI=1S/C20H20F3NO6S/c21-20(22,23)30-16-5-7-17(8-6-16)31(27,28)18-9-10-24(11-18)19(26)13-29-15-3-1-14(12-25)2-4-15/h1-8,18,25H,9-13H2. The molecule has 1 N–H and O–H groups in total. The molecule has 0 spiro atoms. The predicted molar refractivity (Wildman–Crippen MR) is 103 cm³/mol. The number of carbonyl (C=O) groups excluding carboxylic acids is 1. The van der Waals surface area contributed by atoms with Crippen LogP contribution in [0.1, 0.15) is 12.0 Å². The summed E-state index contributed by atoms with van der Waals surface area (Å²) in [5.41, 5.74) is 0.698. The molecule has 1 fully saturated rings. The number of rotatable bonds is 7. The second-order valence-corrected chi connectivity index (χ2v) is 9.13. The highest BCUT2D eigenvalue weighted by molar-refractivity contribution is 7.92. The number of hydrogen-bond donors (Lipinski definition) is 1. The Kier molecular flexibility index (Phi) is 6.75. The molecule has 31 heavy (non-hydrogen) atoms. The van der Waals surface area contributed by atoms with Crippen LogP contribution in [0.5, 0.6) is 11.5 Å². The first kappa shape index (κ1) is 22.9. The van der Waals surface area contributed by atoms with Crippen molar-refractivity contribution in [2.24, 2.45) is 0 Å². The van der Waals surface area contributed by atoms with Crippen LogP contribution in [-0.4, -0.2) is 55.6 Å². The molecular weight excluding hydrogens is 439 g/mol. The van der Waals surface area contributed by atoms with E-state index < -0.39 is 27.2 Å². The zero-order valence-electron chi connectivity index (χ0n) is 16.2. The fourth-order valence-corrected chi connectivity index (χ4v) is 4.85. The summed E-state index contributed by atoms with van der Waals surface area (Å²) in [7, 11) is -3.84. The molecule has 168 valence electrons. The van der Waals surface area contributed by atoms with Gasteiger partial charge in [0.1, 0.15) is 11.5 Å². The van der Waals surface area contributed by atoms with Crippen molar-refractivity contribution in [3.8, 4) is 11.5 Å². The van der Waals surface area contributed by atoms with Gasteiger partial charge in [-0.25, -0.2) is 8.42 Å². The Hall–Kier alpha value is -2.79. The number of sulfone groups is 1. The van der Waals surface area contributed by atoms with Crippen molar-refractivity contribution < 1.29 is 41.0 Å². The van der Waals surface area contributed by atoms with Gasteiger partial charge in [0.05, 0.1) is 16.8 Å². The minimum atomic E-state index is -4.87. The molecule has 2 aromatic rings. The van der Waals surface area contributed by atoms with Crippen molar-refractivity contribution in [1.29, 1.82) is 0 Å². The number of carbonyl (C=O) groups is 1. The second kappa shape index (κ2) is 9.15. The highest BCUT2D eigenvalue weighted by atomic mass is 32.2. The molecule has 0 bridgehead atoms. The quantitative estimate of drug-likeness (QED) is 0.684. The number of alkyl halides is 3. The Morgan fingerprint density at radius 2 is 1.68 bits per heavy atom. The Morgan fingerprint density at radius 1 is 1.06 bits per heavy atom. The molecule has 0 radical (unpaired) electrons. The third-order valence-corrected chi connectivity index (χ3v) is 6.98. The minimum absolute atomic E-state index is 0.0330. The van der Waals surface area contributed by atoms with Crippen LogP contribution in [0, 0.1) is 0 Å². The molecule has 1 unspecified atom stereocenters. The van der Waals surface area contributed by atoms with E-state index in [0.29, 0.717) is 11.3 Å². The first-order valence-corrected chi connectivity index (χ1v) is 10.8. The lowest BCUT2D eigenvalue weighted by Crippen LogP contribution is -2.35. The van der Waals surface area contributed by atoms with Crippen LogP contribution in [0.2, 0.25) is 0 Å². The fraction of sp³-hybridized carbons (Fsp3) is 0.350. The normalized spacial score (nSPS) is 16.9. The SMILES string of the molecule is O=C(COc1ccc(CO)cc1)N1CCC(S(=O)(=O)c2ccc(OC(F)(F)F)cc2)C1. The van der Waals surface area contributed by atoms with E-state index in [-0.39, 0.29) is 43.5 Å². The Labute approximate surface area is 176 Å². The number of aliphatic hydroxyl groups excluding tert-OH is 1. The summed E-state index contributed by atoms with van der Waals surface area (Å²) in [6.45, 7) is -0.185. The third-order valence-electron chi connectivity index (χ3n) is 4.79. The first-order valence-electron chi connectivity index (χ1n) is 9.28. The molecule has 7 nitrogen and oxygen atoms in total. The summed E-state index contributed by atoms with van der Waals surface area (Å²) in [5, 5.41) is 8.15. The number of nitrogens with zero attached hydrogens (tertiary/aromatic N) is 1. The summed E-state index contributed by atoms with van der Waals surface area (Å²) >= 11 is 0. The van der Waals surface area contributed by atoms with E-state index in [1.807, 2.05) is 0 Å². The van der Waals surface area contributed by atoms with E-state index >= 15 is 0 Å². The van der Waals surface area contributed by atoms with E-state index in [2.05, 4.69) is 4.74 Å². The summed E-state index contributed by atoms with van der Waals surface area (Å²) in [4.78, 5) is 13.6. The van der Waals surface area contributed by atoms with Gasteiger partial charge in [-0.1, -0.05) is 12.1 Å². The molecule has 1 amide bonds. The highest BCUT2D eigenvalue weighted by Gasteiger charge is 2.36. The zero-order valence-corrected chi connectivity index (χ0v) is 17.0. The maximum atomic E-state index is 12.8. The smallest absolute Gasteiger partial charge is 0.484 e. The summed E-state index contributed by atoms with van der Waals surface area (Å²) < 4.78 is 71.5. The van der Waals surface area contributed by atoms with E-state index in [1.54, 1.807) is 24.3 Å². The van der Waals surface area contributed by atoms with Crippen LogP contribution in [0.25, 0.3) is 0 Å². The van der Waals surface area contributed by atoms with Gasteiger partial charge in [-0.15, -0.1) is 13.2 Å². The Balaban J connectivity index is 1.57. The Bertz CT molecular complexity index is 1010. The second-order valence-electron chi connectivity index (χ2n) is 6.91. The maximum Gasteiger partial charge on any atom is 0.573 e. The van der Waals surface area contributed by atoms with Crippen molar-refractivity contribution in [2.45, 2.75) is 29.5 Å². The number of halogens is 3. The molecule has 0 saturated carbocycles. The molecule has 1 aliphatic rings. The predicted octanol–water partition coefficient (Wildman–Crippen LogP) is 2.53. The molecule has 1 saturated heterocycles. The molecule has 0 aliphatic carbocycles. The molecule has 11 heteroatoms. The van der Waals surface area contributed by atoms with Crippen molar-refractivity contribution in [3.05, 3.63) is 54.1 Å². The number of aliphatic hydroxyl groups is 1. The van der Waals surface area contributed by atoms with Crippen LogP contribution >= 0.6 is 0 Å². The van der Waals surface area contributed by atoms with Gasteiger partial charge in [0, 0.05) is 13.1 Å². The number of benzene rings is 2. The topological polar surface area (TPSA) is 93.1 Å². The number of amides is 1. The van der Waals surface area contributed by atoms with Crippen LogP contribution in [0.3, 0.4) is 0 Å². The highest BCUT2D eigenvalue weighted by Crippen LogP contribution is 2.28. The summed E-state index contributed by atoms with van der Waals surface area (Å²) in [6.07, 6.45) is -4.66. The van der Waals surface area contributed by atoms with E-state index in [9.17, 15) is 26.4 Å². The van der Waals surface area contributed by atoms with Gasteiger partial charge in [-0.2, -0.15) is 0 Å². The Morgan fingerprint density at radius 3 is 2.26 bits per heavy atom. The summed E-state index contributed by atoms with van der Waals surface area (Å²) in [6, 6.07) is 10.5. The molecular formula is C20H20F3NO6S. The lowest BCUT2D eigenvalue weighted by atomic mass is 10.2. The van der Waals surface area contributed by atoms with Crippen LogP contribution in [0.15, 0.2) is 53.4 Å². The molecule has 1 atom stereocenters. The summed E-state index contributed by atoms with van der Waals surface area (Å²) in [5.74, 6) is -0.452. The maximum absolute atomic E-state index is 12.8. The lowest BCUT2D eigenvalue weighted by molar-refractivity contribution is -0.274. The fourth-order valence-electron chi connectivity index (χ4n) is 3.16. The van der Waals surface area contributed by atoms with Gasteiger partial charge in [-0.3, -0.25) is 4.79 Å². The van der Waals surface area contributed by atoms with E-state index in [4.69, 9.17) is 9.84 Å². The van der Waals surface area contributed by atoms with Crippen molar-refractivity contribution >= 4 is 15.7 Å². The number of ether oxygens (including phenoxy) is 2. The average Bonchev–Trinajstić information content (AvgIpc) is 3.23. The van der Waals surface area contributed by atoms with Crippen LogP contribution < -0.4 is 9.47 Å². The molecule has 2 aromatic carbocycles. The van der Waals surface area contributed by atoms with Gasteiger partial charge in [0.2, 0.25) is 0 Å². The minimum Gasteiger partial charge on any atom is -0.484 e. The monoisotopic (exact) mass is 459 g/mol. The molecule has 1 aliphatic heterocycles. The number of hydrogen-bond acceptors (Lipinski definition) is 6.